The van der Waals surface area contributed by atoms with E-state index < -0.39 is 0 Å². The fraction of sp³-hybridized carbons (Fsp3) is 1.00. The van der Waals surface area contributed by atoms with Crippen LogP contribution in [0.4, 0.5) is 0 Å². The van der Waals surface area contributed by atoms with Gasteiger partial charge in [-0.15, -0.1) is 0 Å². The smallest absolute Gasteiger partial charge is 0.0330 e. The maximum absolute atomic E-state index is 3.65. The van der Waals surface area contributed by atoms with Gasteiger partial charge in [0.25, 0.3) is 0 Å². The van der Waals surface area contributed by atoms with E-state index in [0.29, 0.717) is 5.54 Å². The monoisotopic (exact) mass is 281 g/mol. The van der Waals surface area contributed by atoms with E-state index in [2.05, 4.69) is 50.1 Å². The molecule has 0 aromatic carbocycles. The molecule has 2 unspecified atom stereocenters. The molecule has 3 nitrogen and oxygen atoms in total. The fourth-order valence-electron chi connectivity index (χ4n) is 3.84. The number of likely N-dealkylation sites (N-methyl/N-ethyl adjacent to an activating group) is 2. The van der Waals surface area contributed by atoms with Crippen LogP contribution < -0.4 is 5.32 Å². The molecule has 2 fully saturated rings. The summed E-state index contributed by atoms with van der Waals surface area (Å²) in [5.41, 5.74) is 0.472. The van der Waals surface area contributed by atoms with E-state index in [9.17, 15) is 0 Å². The zero-order valence-corrected chi connectivity index (χ0v) is 14.3. The van der Waals surface area contributed by atoms with Crippen LogP contribution in [-0.4, -0.2) is 62.2 Å². The van der Waals surface area contributed by atoms with Gasteiger partial charge >= 0.3 is 0 Å². The van der Waals surface area contributed by atoms with Crippen LogP contribution in [0.15, 0.2) is 0 Å². The van der Waals surface area contributed by atoms with Crippen LogP contribution in [0.5, 0.6) is 0 Å². The molecule has 2 aliphatic carbocycles. The van der Waals surface area contributed by atoms with E-state index in [1.165, 1.54) is 45.2 Å². The molecule has 0 saturated heterocycles. The average Bonchev–Trinajstić information content (AvgIpc) is 2.27. The molecule has 0 bridgehead atoms. The Morgan fingerprint density at radius 1 is 1.15 bits per heavy atom. The molecule has 2 aliphatic rings. The van der Waals surface area contributed by atoms with Gasteiger partial charge in [-0.2, -0.15) is 0 Å². The van der Waals surface area contributed by atoms with Gasteiger partial charge < -0.3 is 15.1 Å². The SMILES string of the molecule is CC(C)CNCC1CCC1N(C)CC1(N(C)C)CCC1. The Kier molecular flexibility index (Phi) is 5.49. The van der Waals surface area contributed by atoms with Crippen LogP contribution >= 0.6 is 0 Å². The minimum atomic E-state index is 0.472. The highest BCUT2D eigenvalue weighted by Gasteiger charge is 2.43. The number of hydrogen-bond acceptors (Lipinski definition) is 3. The maximum Gasteiger partial charge on any atom is 0.0330 e. The zero-order valence-electron chi connectivity index (χ0n) is 14.3. The minimum Gasteiger partial charge on any atom is -0.316 e. The van der Waals surface area contributed by atoms with Gasteiger partial charge in [0.15, 0.2) is 0 Å². The van der Waals surface area contributed by atoms with Crippen LogP contribution in [-0.2, 0) is 0 Å². The van der Waals surface area contributed by atoms with E-state index >= 15 is 0 Å². The largest absolute Gasteiger partial charge is 0.316 e. The number of hydrogen-bond donors (Lipinski definition) is 1. The normalized spacial score (nSPS) is 28.8. The summed E-state index contributed by atoms with van der Waals surface area (Å²) in [6.45, 7) is 8.20. The highest BCUT2D eigenvalue weighted by molar-refractivity contribution is 5.00. The van der Waals surface area contributed by atoms with E-state index in [1.807, 2.05) is 0 Å². The summed E-state index contributed by atoms with van der Waals surface area (Å²) in [5, 5.41) is 3.65. The van der Waals surface area contributed by atoms with Crippen LogP contribution in [0.2, 0.25) is 0 Å². The molecule has 0 aromatic rings. The number of nitrogens with one attached hydrogen (secondary N) is 1. The van der Waals surface area contributed by atoms with Gasteiger partial charge in [-0.3, -0.25) is 0 Å². The molecule has 0 aromatic heterocycles. The summed E-state index contributed by atoms with van der Waals surface area (Å²) in [6, 6.07) is 0.812. The summed E-state index contributed by atoms with van der Waals surface area (Å²) >= 11 is 0. The summed E-state index contributed by atoms with van der Waals surface area (Å²) in [7, 11) is 6.87. The number of rotatable bonds is 8. The van der Waals surface area contributed by atoms with Crippen LogP contribution in [0, 0.1) is 11.8 Å². The first-order chi connectivity index (χ1) is 9.44. The first kappa shape index (κ1) is 16.3. The Balaban J connectivity index is 1.76. The second-order valence-corrected chi connectivity index (χ2v) is 7.84. The first-order valence-corrected chi connectivity index (χ1v) is 8.53. The van der Waals surface area contributed by atoms with Crippen molar-refractivity contribution in [3.63, 3.8) is 0 Å². The topological polar surface area (TPSA) is 18.5 Å². The van der Waals surface area contributed by atoms with Gasteiger partial charge in [-0.05, 0) is 78.2 Å². The lowest BCUT2D eigenvalue weighted by molar-refractivity contribution is -0.0126. The molecule has 3 heteroatoms. The maximum atomic E-state index is 3.65. The van der Waals surface area contributed by atoms with E-state index in [1.54, 1.807) is 0 Å². The lowest BCUT2D eigenvalue weighted by Gasteiger charge is -2.53. The molecule has 0 amide bonds. The van der Waals surface area contributed by atoms with Crippen molar-refractivity contribution in [3.8, 4) is 0 Å². The van der Waals surface area contributed by atoms with Crippen molar-refractivity contribution >= 4 is 0 Å². The molecular formula is C17H35N3. The molecule has 118 valence electrons. The zero-order chi connectivity index (χ0) is 14.8. The second kappa shape index (κ2) is 6.76. The standard InChI is InChI=1S/C17H35N3/c1-14(2)11-18-12-15-7-8-16(15)20(5)13-17(19(3)4)9-6-10-17/h14-16,18H,6-13H2,1-5H3. The predicted octanol–water partition coefficient (Wildman–Crippen LogP) is 2.43. The fourth-order valence-corrected chi connectivity index (χ4v) is 3.84. The lowest BCUT2D eigenvalue weighted by atomic mass is 9.73. The Morgan fingerprint density at radius 2 is 1.85 bits per heavy atom. The van der Waals surface area contributed by atoms with Crippen molar-refractivity contribution in [2.75, 3.05) is 40.8 Å². The van der Waals surface area contributed by atoms with E-state index in [-0.39, 0.29) is 0 Å². The first-order valence-electron chi connectivity index (χ1n) is 8.53. The summed E-state index contributed by atoms with van der Waals surface area (Å²) < 4.78 is 0. The highest BCUT2D eigenvalue weighted by atomic mass is 15.2. The van der Waals surface area contributed by atoms with Crippen molar-refractivity contribution in [1.82, 2.24) is 15.1 Å². The molecule has 2 rings (SSSR count). The molecule has 2 saturated carbocycles. The van der Waals surface area contributed by atoms with Crippen molar-refractivity contribution in [2.45, 2.75) is 57.5 Å². The third-order valence-corrected chi connectivity index (χ3v) is 5.68. The Labute approximate surface area is 126 Å². The molecule has 0 spiro atoms. The molecule has 1 N–H and O–H groups in total. The van der Waals surface area contributed by atoms with E-state index in [4.69, 9.17) is 0 Å². The van der Waals surface area contributed by atoms with Gasteiger partial charge in [-0.1, -0.05) is 13.8 Å². The third kappa shape index (κ3) is 3.55. The van der Waals surface area contributed by atoms with Crippen LogP contribution in [0.25, 0.3) is 0 Å². The molecule has 2 atom stereocenters. The average molecular weight is 281 g/mol. The third-order valence-electron chi connectivity index (χ3n) is 5.68. The van der Waals surface area contributed by atoms with Gasteiger partial charge in [0.1, 0.15) is 0 Å². The van der Waals surface area contributed by atoms with Gasteiger partial charge in [0.05, 0.1) is 0 Å². The molecular weight excluding hydrogens is 246 g/mol. The van der Waals surface area contributed by atoms with Gasteiger partial charge in [0, 0.05) is 18.1 Å². The Hall–Kier alpha value is -0.120. The van der Waals surface area contributed by atoms with Crippen molar-refractivity contribution in [1.29, 1.82) is 0 Å². The lowest BCUT2D eigenvalue weighted by Crippen LogP contribution is -2.60. The Bertz CT molecular complexity index is 297. The van der Waals surface area contributed by atoms with Gasteiger partial charge in [-0.25, -0.2) is 0 Å². The minimum absolute atomic E-state index is 0.472. The predicted molar refractivity (Wildman–Crippen MR) is 87.1 cm³/mol. The molecule has 0 heterocycles. The Morgan fingerprint density at radius 3 is 2.25 bits per heavy atom. The summed E-state index contributed by atoms with van der Waals surface area (Å²) in [5.74, 6) is 1.64. The van der Waals surface area contributed by atoms with Crippen LogP contribution in [0.3, 0.4) is 0 Å². The second-order valence-electron chi connectivity index (χ2n) is 7.84. The van der Waals surface area contributed by atoms with Crippen LogP contribution in [0.1, 0.15) is 46.0 Å². The van der Waals surface area contributed by atoms with Crippen molar-refractivity contribution in [2.24, 2.45) is 11.8 Å². The number of nitrogens with zero attached hydrogens (tertiary/aromatic N) is 2. The quantitative estimate of drug-likeness (QED) is 0.737. The molecule has 20 heavy (non-hydrogen) atoms. The van der Waals surface area contributed by atoms with Gasteiger partial charge in [0.2, 0.25) is 0 Å². The molecule has 0 aliphatic heterocycles. The molecule has 0 radical (unpaired) electrons. The van der Waals surface area contributed by atoms with Crippen molar-refractivity contribution < 1.29 is 0 Å². The highest BCUT2D eigenvalue weighted by Crippen LogP contribution is 2.39. The van der Waals surface area contributed by atoms with E-state index in [0.717, 1.165) is 24.4 Å². The summed E-state index contributed by atoms with van der Waals surface area (Å²) in [4.78, 5) is 5.13. The summed E-state index contributed by atoms with van der Waals surface area (Å²) in [6.07, 6.45) is 6.99. The van der Waals surface area contributed by atoms with Crippen molar-refractivity contribution in [3.05, 3.63) is 0 Å².